The van der Waals surface area contributed by atoms with Gasteiger partial charge in [-0.1, -0.05) is 12.1 Å². The van der Waals surface area contributed by atoms with Crippen molar-refractivity contribution in [3.8, 4) is 17.6 Å². The second kappa shape index (κ2) is 7.90. The van der Waals surface area contributed by atoms with Gasteiger partial charge in [-0.15, -0.1) is 0 Å². The summed E-state index contributed by atoms with van der Waals surface area (Å²) in [5.74, 6) is 1.27. The van der Waals surface area contributed by atoms with Gasteiger partial charge in [0.05, 0.1) is 24.5 Å². The third-order valence-electron chi connectivity index (χ3n) is 3.33. The normalized spacial score (nSPS) is 13.7. The smallest absolute Gasteiger partial charge is 0.127 e. The van der Waals surface area contributed by atoms with E-state index in [4.69, 9.17) is 15.7 Å². The molecule has 0 radical (unpaired) electrons. The minimum atomic E-state index is -1.12. The number of rotatable bonds is 6. The van der Waals surface area contributed by atoms with E-state index in [9.17, 15) is 5.11 Å². The topological polar surface area (TPSA) is 104 Å². The van der Waals surface area contributed by atoms with Gasteiger partial charge in [-0.25, -0.2) is 4.99 Å². The van der Waals surface area contributed by atoms with Crippen molar-refractivity contribution in [3.63, 3.8) is 0 Å². The monoisotopic (exact) mass is 322 g/mol. The zero-order valence-corrected chi connectivity index (χ0v) is 13.3. The van der Waals surface area contributed by atoms with Crippen LogP contribution in [0.5, 0.6) is 11.5 Å². The lowest BCUT2D eigenvalue weighted by atomic mass is 9.96. The summed E-state index contributed by atoms with van der Waals surface area (Å²) >= 11 is 0. The molecule has 0 bridgehead atoms. The molecule has 0 fully saturated rings. The van der Waals surface area contributed by atoms with Crippen molar-refractivity contribution in [2.45, 2.75) is 12.5 Å². The fourth-order valence-electron chi connectivity index (χ4n) is 2.01. The molecule has 0 aliphatic rings. The summed E-state index contributed by atoms with van der Waals surface area (Å²) in [5, 5.41) is 19.2. The van der Waals surface area contributed by atoms with Crippen LogP contribution in [0.15, 0.2) is 58.5 Å². The van der Waals surface area contributed by atoms with Crippen LogP contribution in [0.25, 0.3) is 0 Å². The van der Waals surface area contributed by atoms with Gasteiger partial charge in [-0.3, -0.25) is 4.99 Å². The van der Waals surface area contributed by atoms with E-state index < -0.39 is 5.60 Å². The number of aliphatic imine (C=N–C) groups is 2. The van der Waals surface area contributed by atoms with Crippen molar-refractivity contribution < 1.29 is 9.84 Å². The first kappa shape index (κ1) is 17.2. The van der Waals surface area contributed by atoms with Crippen LogP contribution in [-0.4, -0.2) is 24.3 Å². The number of hydrogen-bond acceptors (Lipinski definition) is 4. The SMILES string of the molecule is CC(O)(CN=CN=CN)c1ccc(Oc2ccc(C#N)cc2)cc1. The summed E-state index contributed by atoms with van der Waals surface area (Å²) in [6.07, 6.45) is 2.43. The lowest BCUT2D eigenvalue weighted by molar-refractivity contribution is 0.0675. The molecular weight excluding hydrogens is 304 g/mol. The second-order valence-corrected chi connectivity index (χ2v) is 5.29. The molecule has 122 valence electrons. The van der Waals surface area contributed by atoms with Gasteiger partial charge in [-0.05, 0) is 48.9 Å². The quantitative estimate of drug-likeness (QED) is 0.630. The highest BCUT2D eigenvalue weighted by molar-refractivity contribution is 5.69. The van der Waals surface area contributed by atoms with Gasteiger partial charge in [-0.2, -0.15) is 5.26 Å². The van der Waals surface area contributed by atoms with E-state index in [1.807, 2.05) is 0 Å². The van der Waals surface area contributed by atoms with Crippen LogP contribution in [-0.2, 0) is 5.60 Å². The van der Waals surface area contributed by atoms with Gasteiger partial charge in [0.2, 0.25) is 0 Å². The van der Waals surface area contributed by atoms with Crippen molar-refractivity contribution in [3.05, 3.63) is 59.7 Å². The molecule has 2 aromatic rings. The Morgan fingerprint density at radius 3 is 2.29 bits per heavy atom. The maximum Gasteiger partial charge on any atom is 0.127 e. The molecule has 0 aliphatic heterocycles. The first-order valence-corrected chi connectivity index (χ1v) is 7.28. The van der Waals surface area contributed by atoms with Crippen LogP contribution in [0, 0.1) is 11.3 Å². The molecule has 1 unspecified atom stereocenters. The summed E-state index contributed by atoms with van der Waals surface area (Å²) in [6, 6.07) is 16.0. The molecular formula is C18H18N4O2. The highest BCUT2D eigenvalue weighted by Crippen LogP contribution is 2.26. The Balaban J connectivity index is 2.05. The van der Waals surface area contributed by atoms with E-state index in [2.05, 4.69) is 16.1 Å². The summed E-state index contributed by atoms with van der Waals surface area (Å²) in [7, 11) is 0. The Labute approximate surface area is 140 Å². The summed E-state index contributed by atoms with van der Waals surface area (Å²) in [4.78, 5) is 7.66. The lowest BCUT2D eigenvalue weighted by Crippen LogP contribution is -2.24. The van der Waals surface area contributed by atoms with Crippen molar-refractivity contribution in [2.75, 3.05) is 6.54 Å². The molecule has 0 heterocycles. The van der Waals surface area contributed by atoms with Crippen molar-refractivity contribution in [1.29, 1.82) is 5.26 Å². The third-order valence-corrected chi connectivity index (χ3v) is 3.33. The molecule has 24 heavy (non-hydrogen) atoms. The number of aliphatic hydroxyl groups is 1. The van der Waals surface area contributed by atoms with Gasteiger partial charge in [0.1, 0.15) is 23.4 Å². The van der Waals surface area contributed by atoms with Crippen molar-refractivity contribution >= 4 is 12.7 Å². The Morgan fingerprint density at radius 2 is 1.75 bits per heavy atom. The van der Waals surface area contributed by atoms with Gasteiger partial charge in [0.25, 0.3) is 0 Å². The molecule has 0 aromatic heterocycles. The molecule has 6 heteroatoms. The van der Waals surface area contributed by atoms with Crippen molar-refractivity contribution in [2.24, 2.45) is 15.7 Å². The number of nitrogens with zero attached hydrogens (tertiary/aromatic N) is 3. The molecule has 1 atom stereocenters. The molecule has 0 saturated carbocycles. The number of ether oxygens (including phenoxy) is 1. The van der Waals surface area contributed by atoms with Crippen molar-refractivity contribution in [1.82, 2.24) is 0 Å². The zero-order valence-electron chi connectivity index (χ0n) is 13.3. The Kier molecular flexibility index (Phi) is 5.66. The standard InChI is InChI=1S/C18H18N4O2/c1-18(23,11-21-13-22-12-20)15-4-8-17(9-5-15)24-16-6-2-14(10-19)3-7-16/h2-9,12-13,23H,11H2,1H3,(H2,20,21,22). The second-order valence-electron chi connectivity index (χ2n) is 5.29. The van der Waals surface area contributed by atoms with Crippen LogP contribution >= 0.6 is 0 Å². The van der Waals surface area contributed by atoms with Gasteiger partial charge >= 0.3 is 0 Å². The number of nitrogens with two attached hydrogens (primary N) is 1. The van der Waals surface area contributed by atoms with E-state index in [0.717, 1.165) is 6.34 Å². The van der Waals surface area contributed by atoms with Crippen LogP contribution in [0.4, 0.5) is 0 Å². The predicted octanol–water partition coefficient (Wildman–Crippen LogP) is 2.57. The largest absolute Gasteiger partial charge is 0.457 e. The highest BCUT2D eigenvalue weighted by atomic mass is 16.5. The average Bonchev–Trinajstić information content (AvgIpc) is 2.60. The summed E-state index contributed by atoms with van der Waals surface area (Å²) in [6.45, 7) is 1.84. The zero-order chi connectivity index (χ0) is 17.4. The lowest BCUT2D eigenvalue weighted by Gasteiger charge is -2.21. The number of nitriles is 1. The predicted molar refractivity (Wildman–Crippen MR) is 93.3 cm³/mol. The molecule has 2 aromatic carbocycles. The first-order valence-electron chi connectivity index (χ1n) is 7.28. The maximum atomic E-state index is 10.5. The van der Waals surface area contributed by atoms with E-state index in [-0.39, 0.29) is 6.54 Å². The highest BCUT2D eigenvalue weighted by Gasteiger charge is 2.22. The molecule has 6 nitrogen and oxygen atoms in total. The van der Waals surface area contributed by atoms with E-state index in [0.29, 0.717) is 22.6 Å². The first-order chi connectivity index (χ1) is 11.5. The molecule has 0 aliphatic carbocycles. The molecule has 0 spiro atoms. The van der Waals surface area contributed by atoms with E-state index >= 15 is 0 Å². The average molecular weight is 322 g/mol. The van der Waals surface area contributed by atoms with Gasteiger partial charge in [0.15, 0.2) is 0 Å². The van der Waals surface area contributed by atoms with E-state index in [1.54, 1.807) is 55.5 Å². The van der Waals surface area contributed by atoms with Crippen LogP contribution in [0.2, 0.25) is 0 Å². The molecule has 0 saturated heterocycles. The minimum Gasteiger partial charge on any atom is -0.457 e. The fourth-order valence-corrected chi connectivity index (χ4v) is 2.01. The van der Waals surface area contributed by atoms with Gasteiger partial charge < -0.3 is 15.6 Å². The van der Waals surface area contributed by atoms with E-state index in [1.165, 1.54) is 6.34 Å². The fraction of sp³-hybridized carbons (Fsp3) is 0.167. The summed E-state index contributed by atoms with van der Waals surface area (Å²) in [5.41, 5.74) is 5.28. The third kappa shape index (κ3) is 4.66. The van der Waals surface area contributed by atoms with Gasteiger partial charge in [0, 0.05) is 0 Å². The summed E-state index contributed by atoms with van der Waals surface area (Å²) < 4.78 is 5.70. The molecule has 2 rings (SSSR count). The number of benzene rings is 2. The molecule has 3 N–H and O–H groups in total. The van der Waals surface area contributed by atoms with Crippen LogP contribution < -0.4 is 10.5 Å². The minimum absolute atomic E-state index is 0.167. The Morgan fingerprint density at radius 1 is 1.17 bits per heavy atom. The van der Waals surface area contributed by atoms with Crippen LogP contribution in [0.1, 0.15) is 18.1 Å². The van der Waals surface area contributed by atoms with Crippen LogP contribution in [0.3, 0.4) is 0 Å². The molecule has 0 amide bonds. The number of hydrogen-bond donors (Lipinski definition) is 2. The Bertz CT molecular complexity index is 757. The Hall–Kier alpha value is -3.17. The maximum absolute atomic E-state index is 10.5.